The summed E-state index contributed by atoms with van der Waals surface area (Å²) in [6.07, 6.45) is 2.66. The van der Waals surface area contributed by atoms with Crippen LogP contribution in [-0.2, 0) is 14.8 Å². The fourth-order valence-corrected chi connectivity index (χ4v) is 1.71. The smallest absolute Gasteiger partial charge is 0.257 e. The van der Waals surface area contributed by atoms with Crippen molar-refractivity contribution in [3.63, 3.8) is 0 Å². The minimum Gasteiger partial charge on any atom is -0.399 e. The highest BCUT2D eigenvalue weighted by atomic mass is 32.2. The molecule has 6 heteroatoms. The van der Waals surface area contributed by atoms with E-state index in [0.29, 0.717) is 5.69 Å². The van der Waals surface area contributed by atoms with E-state index in [1.807, 2.05) is 4.72 Å². The van der Waals surface area contributed by atoms with Crippen molar-refractivity contribution in [2.75, 3.05) is 5.73 Å². The Balaban J connectivity index is 2.72. The summed E-state index contributed by atoms with van der Waals surface area (Å²) in [5.74, 6) is -0.675. The second-order valence-corrected chi connectivity index (χ2v) is 6.30. The molecular formula is C12H16N2O3S. The Bertz CT molecular complexity index is 562. The molecule has 0 aromatic heterocycles. The highest BCUT2D eigenvalue weighted by Gasteiger charge is 2.17. The summed E-state index contributed by atoms with van der Waals surface area (Å²) in [4.78, 5) is 11.4. The van der Waals surface area contributed by atoms with E-state index in [1.54, 1.807) is 24.3 Å². The van der Waals surface area contributed by atoms with Crippen LogP contribution in [0.2, 0.25) is 0 Å². The lowest BCUT2D eigenvalue weighted by Gasteiger charge is -2.06. The summed E-state index contributed by atoms with van der Waals surface area (Å²) in [5.41, 5.74) is 6.88. The minimum absolute atomic E-state index is 0.576. The summed E-state index contributed by atoms with van der Waals surface area (Å²) < 4.78 is 24.8. The maximum Gasteiger partial charge on any atom is 0.257 e. The van der Waals surface area contributed by atoms with Gasteiger partial charge in [-0.05, 0) is 37.6 Å². The number of nitrogen functional groups attached to an aromatic ring is 1. The van der Waals surface area contributed by atoms with Crippen LogP contribution >= 0.6 is 0 Å². The Hall–Kier alpha value is -1.82. The zero-order valence-electron chi connectivity index (χ0n) is 10.3. The van der Waals surface area contributed by atoms with E-state index < -0.39 is 21.2 Å². The zero-order chi connectivity index (χ0) is 13.8. The van der Waals surface area contributed by atoms with Gasteiger partial charge in [-0.3, -0.25) is 4.79 Å². The number of sulfonamides is 1. The number of carbonyl (C=O) groups is 1. The third-order valence-electron chi connectivity index (χ3n) is 2.20. The molecule has 1 aromatic rings. The third kappa shape index (κ3) is 4.21. The van der Waals surface area contributed by atoms with Crippen LogP contribution in [0.15, 0.2) is 30.3 Å². The number of benzene rings is 1. The fraction of sp³-hybridized carbons (Fsp3) is 0.250. The quantitative estimate of drug-likeness (QED) is 0.633. The second-order valence-electron chi connectivity index (χ2n) is 4.06. The molecule has 0 fully saturated rings. The topological polar surface area (TPSA) is 89.3 Å². The summed E-state index contributed by atoms with van der Waals surface area (Å²) in [5, 5.41) is -0.651. The van der Waals surface area contributed by atoms with Crippen LogP contribution in [0.3, 0.4) is 0 Å². The van der Waals surface area contributed by atoms with Gasteiger partial charge in [-0.15, -0.1) is 0 Å². The number of hydrogen-bond acceptors (Lipinski definition) is 4. The maximum absolute atomic E-state index is 11.4. The average Bonchev–Trinajstić information content (AvgIpc) is 2.25. The van der Waals surface area contributed by atoms with Gasteiger partial charge in [0.25, 0.3) is 5.91 Å². The molecule has 1 aromatic carbocycles. The van der Waals surface area contributed by atoms with Gasteiger partial charge >= 0.3 is 0 Å². The van der Waals surface area contributed by atoms with Crippen LogP contribution in [0.1, 0.15) is 19.4 Å². The number of nitrogens with one attached hydrogen (secondary N) is 1. The molecule has 0 saturated heterocycles. The molecule has 98 valence electrons. The molecule has 0 unspecified atom stereocenters. The first-order valence-electron chi connectivity index (χ1n) is 5.40. The summed E-state index contributed by atoms with van der Waals surface area (Å²) in [6.45, 7) is 2.99. The van der Waals surface area contributed by atoms with Crippen molar-refractivity contribution in [2.24, 2.45) is 0 Å². The first-order valence-corrected chi connectivity index (χ1v) is 6.95. The molecule has 0 heterocycles. The summed E-state index contributed by atoms with van der Waals surface area (Å²) in [7, 11) is -3.59. The number of hydrogen-bond donors (Lipinski definition) is 2. The number of nitrogens with two attached hydrogens (primary N) is 1. The van der Waals surface area contributed by atoms with Gasteiger partial charge in [0.1, 0.15) is 0 Å². The molecule has 0 aliphatic carbocycles. The minimum atomic E-state index is -3.59. The molecule has 5 nitrogen and oxygen atoms in total. The van der Waals surface area contributed by atoms with Crippen LogP contribution in [-0.4, -0.2) is 19.6 Å². The van der Waals surface area contributed by atoms with Crippen molar-refractivity contribution in [3.8, 4) is 0 Å². The van der Waals surface area contributed by atoms with Crippen molar-refractivity contribution in [1.82, 2.24) is 4.72 Å². The first-order chi connectivity index (χ1) is 8.31. The monoisotopic (exact) mass is 268 g/mol. The van der Waals surface area contributed by atoms with Crippen molar-refractivity contribution in [3.05, 3.63) is 35.9 Å². The van der Waals surface area contributed by atoms with E-state index in [2.05, 4.69) is 0 Å². The summed E-state index contributed by atoms with van der Waals surface area (Å²) >= 11 is 0. The second kappa shape index (κ2) is 5.68. The highest BCUT2D eigenvalue weighted by molar-refractivity contribution is 7.90. The molecule has 18 heavy (non-hydrogen) atoms. The van der Waals surface area contributed by atoms with Crippen LogP contribution in [0.5, 0.6) is 0 Å². The summed E-state index contributed by atoms with van der Waals surface area (Å²) in [6, 6.07) is 6.91. The molecule has 0 saturated carbocycles. The molecule has 0 radical (unpaired) electrons. The Morgan fingerprint density at radius 2 is 2.06 bits per heavy atom. The van der Waals surface area contributed by atoms with Crippen molar-refractivity contribution >= 4 is 27.7 Å². The van der Waals surface area contributed by atoms with E-state index in [-0.39, 0.29) is 0 Å². The predicted octanol–water partition coefficient (Wildman–Crippen LogP) is 1.14. The number of anilines is 1. The Kier molecular flexibility index (Phi) is 4.49. The molecule has 1 amide bonds. The van der Waals surface area contributed by atoms with Crippen molar-refractivity contribution < 1.29 is 13.2 Å². The Labute approximate surface area is 107 Å². The molecular weight excluding hydrogens is 252 g/mol. The van der Waals surface area contributed by atoms with E-state index in [9.17, 15) is 13.2 Å². The van der Waals surface area contributed by atoms with Crippen LogP contribution in [0.4, 0.5) is 5.69 Å². The standard InChI is InChI=1S/C12H16N2O3S/c1-9(2)18(16,17)14-12(15)7-6-10-4-3-5-11(13)8-10/h3-9H,13H2,1-2H3,(H,14,15)/b7-6+. The number of carbonyl (C=O) groups excluding carboxylic acids is 1. The van der Waals surface area contributed by atoms with Gasteiger partial charge < -0.3 is 5.73 Å². The van der Waals surface area contributed by atoms with Crippen LogP contribution in [0.25, 0.3) is 6.08 Å². The lowest BCUT2D eigenvalue weighted by atomic mass is 10.2. The Morgan fingerprint density at radius 1 is 1.39 bits per heavy atom. The molecule has 0 aliphatic heterocycles. The fourth-order valence-electron chi connectivity index (χ4n) is 1.13. The SMILES string of the molecule is CC(C)S(=O)(=O)NC(=O)/C=C/c1cccc(N)c1. The van der Waals surface area contributed by atoms with Crippen molar-refractivity contribution in [1.29, 1.82) is 0 Å². The average molecular weight is 268 g/mol. The van der Waals surface area contributed by atoms with Gasteiger partial charge in [-0.25, -0.2) is 13.1 Å². The first kappa shape index (κ1) is 14.2. The maximum atomic E-state index is 11.4. The van der Waals surface area contributed by atoms with Gasteiger partial charge in [0.15, 0.2) is 0 Å². The lowest BCUT2D eigenvalue weighted by Crippen LogP contribution is -2.34. The van der Waals surface area contributed by atoms with E-state index in [1.165, 1.54) is 19.9 Å². The number of amides is 1. The molecule has 1 rings (SSSR count). The number of rotatable bonds is 4. The normalized spacial score (nSPS) is 11.9. The lowest BCUT2D eigenvalue weighted by molar-refractivity contribution is -0.114. The third-order valence-corrected chi connectivity index (χ3v) is 3.93. The Morgan fingerprint density at radius 3 is 2.61 bits per heavy atom. The van der Waals surface area contributed by atoms with Crippen LogP contribution < -0.4 is 10.5 Å². The van der Waals surface area contributed by atoms with Crippen molar-refractivity contribution in [2.45, 2.75) is 19.1 Å². The van der Waals surface area contributed by atoms with Gasteiger partial charge in [-0.1, -0.05) is 12.1 Å². The zero-order valence-corrected chi connectivity index (χ0v) is 11.1. The molecule has 0 spiro atoms. The molecule has 0 bridgehead atoms. The van der Waals surface area contributed by atoms with Gasteiger partial charge in [0.05, 0.1) is 5.25 Å². The van der Waals surface area contributed by atoms with Gasteiger partial charge in [-0.2, -0.15) is 0 Å². The molecule has 0 atom stereocenters. The highest BCUT2D eigenvalue weighted by Crippen LogP contribution is 2.08. The van der Waals surface area contributed by atoms with E-state index >= 15 is 0 Å². The largest absolute Gasteiger partial charge is 0.399 e. The van der Waals surface area contributed by atoms with Crippen LogP contribution in [0, 0.1) is 0 Å². The van der Waals surface area contributed by atoms with Gasteiger partial charge in [0, 0.05) is 11.8 Å². The van der Waals surface area contributed by atoms with Gasteiger partial charge in [0.2, 0.25) is 10.0 Å². The van der Waals surface area contributed by atoms with E-state index in [4.69, 9.17) is 5.73 Å². The predicted molar refractivity (Wildman–Crippen MR) is 72.1 cm³/mol. The van der Waals surface area contributed by atoms with E-state index in [0.717, 1.165) is 11.6 Å². The molecule has 0 aliphatic rings. The molecule has 3 N–H and O–H groups in total.